The van der Waals surface area contributed by atoms with Crippen molar-refractivity contribution in [3.05, 3.63) is 0 Å². The molecule has 110 valence electrons. The quantitative estimate of drug-likeness (QED) is 0.761. The lowest BCUT2D eigenvalue weighted by molar-refractivity contribution is -0.146. The lowest BCUT2D eigenvalue weighted by Gasteiger charge is -2.38. The normalized spacial score (nSPS) is 21.3. The third-order valence-corrected chi connectivity index (χ3v) is 3.92. The minimum atomic E-state index is -0.251. The molecule has 0 aromatic carbocycles. The summed E-state index contributed by atoms with van der Waals surface area (Å²) in [5, 5.41) is 0. The van der Waals surface area contributed by atoms with Gasteiger partial charge in [-0.3, -0.25) is 9.59 Å². The minimum absolute atomic E-state index is 0.0264. The zero-order valence-corrected chi connectivity index (χ0v) is 12.2. The van der Waals surface area contributed by atoms with Gasteiger partial charge in [0.15, 0.2) is 0 Å². The van der Waals surface area contributed by atoms with Crippen molar-refractivity contribution < 1.29 is 14.3 Å². The minimum Gasteiger partial charge on any atom is -0.469 e. The highest BCUT2D eigenvalue weighted by Gasteiger charge is 2.33. The molecule has 0 saturated carbocycles. The third-order valence-electron chi connectivity index (χ3n) is 3.92. The zero-order chi connectivity index (χ0) is 14.4. The van der Waals surface area contributed by atoms with Crippen molar-refractivity contribution >= 4 is 11.9 Å². The number of carbonyl (C=O) groups is 2. The van der Waals surface area contributed by atoms with Gasteiger partial charge in [0.2, 0.25) is 5.91 Å². The summed E-state index contributed by atoms with van der Waals surface area (Å²) in [6, 6.07) is -0.0264. The van der Waals surface area contributed by atoms with Gasteiger partial charge < -0.3 is 15.4 Å². The lowest BCUT2D eigenvalue weighted by atomic mass is 9.91. The Morgan fingerprint density at radius 2 is 2.05 bits per heavy atom. The molecule has 1 saturated heterocycles. The second kappa shape index (κ2) is 7.48. The molecule has 2 unspecified atom stereocenters. The maximum absolute atomic E-state index is 12.5. The molecule has 1 aliphatic heterocycles. The van der Waals surface area contributed by atoms with E-state index in [1.54, 1.807) is 0 Å². The fourth-order valence-electron chi connectivity index (χ4n) is 2.65. The van der Waals surface area contributed by atoms with Gasteiger partial charge in [-0.05, 0) is 25.2 Å². The number of nitrogens with two attached hydrogens (primary N) is 1. The highest BCUT2D eigenvalue weighted by molar-refractivity contribution is 5.80. The number of amides is 1. The Morgan fingerprint density at radius 3 is 2.58 bits per heavy atom. The SMILES string of the molecule is COC(=O)CC1CCCCN1C(=O)C(CN)C(C)C. The van der Waals surface area contributed by atoms with Gasteiger partial charge in [-0.2, -0.15) is 0 Å². The standard InChI is InChI=1S/C14H26N2O3/c1-10(2)12(9-15)14(18)16-7-5-4-6-11(16)8-13(17)19-3/h10-12H,4-9,15H2,1-3H3. The van der Waals surface area contributed by atoms with E-state index in [1.165, 1.54) is 7.11 Å². The number of methoxy groups -OCH3 is 1. The van der Waals surface area contributed by atoms with Crippen LogP contribution in [0.1, 0.15) is 39.5 Å². The van der Waals surface area contributed by atoms with E-state index in [4.69, 9.17) is 10.5 Å². The Hall–Kier alpha value is -1.10. The van der Waals surface area contributed by atoms with Gasteiger partial charge in [-0.1, -0.05) is 13.8 Å². The highest BCUT2D eigenvalue weighted by Crippen LogP contribution is 2.24. The molecule has 1 fully saturated rings. The van der Waals surface area contributed by atoms with Gasteiger partial charge >= 0.3 is 5.97 Å². The predicted molar refractivity (Wildman–Crippen MR) is 73.4 cm³/mol. The van der Waals surface area contributed by atoms with Crippen LogP contribution in [0.15, 0.2) is 0 Å². The summed E-state index contributed by atoms with van der Waals surface area (Å²) in [5.74, 6) is -0.0962. The van der Waals surface area contributed by atoms with E-state index >= 15 is 0 Å². The summed E-state index contributed by atoms with van der Waals surface area (Å²) < 4.78 is 4.71. The molecule has 2 atom stereocenters. The van der Waals surface area contributed by atoms with Crippen LogP contribution in [0.5, 0.6) is 0 Å². The van der Waals surface area contributed by atoms with Crippen molar-refractivity contribution in [2.75, 3.05) is 20.2 Å². The first kappa shape index (κ1) is 16.0. The number of likely N-dealkylation sites (tertiary alicyclic amines) is 1. The number of esters is 1. The molecule has 0 radical (unpaired) electrons. The van der Waals surface area contributed by atoms with Crippen LogP contribution in [0.2, 0.25) is 0 Å². The topological polar surface area (TPSA) is 72.6 Å². The average molecular weight is 270 g/mol. The molecule has 0 spiro atoms. The van der Waals surface area contributed by atoms with Gasteiger partial charge in [0.05, 0.1) is 19.4 Å². The Balaban J connectivity index is 2.75. The van der Waals surface area contributed by atoms with E-state index in [0.29, 0.717) is 6.54 Å². The molecule has 0 aromatic rings. The fourth-order valence-corrected chi connectivity index (χ4v) is 2.65. The van der Waals surface area contributed by atoms with E-state index in [-0.39, 0.29) is 36.2 Å². The molecule has 5 nitrogen and oxygen atoms in total. The molecule has 0 bridgehead atoms. The molecular formula is C14H26N2O3. The molecule has 5 heteroatoms. The average Bonchev–Trinajstić information content (AvgIpc) is 2.39. The molecule has 1 aliphatic rings. The second-order valence-electron chi connectivity index (χ2n) is 5.55. The first-order chi connectivity index (χ1) is 9.01. The molecule has 19 heavy (non-hydrogen) atoms. The van der Waals surface area contributed by atoms with E-state index in [2.05, 4.69) is 0 Å². The van der Waals surface area contributed by atoms with Gasteiger partial charge in [-0.25, -0.2) is 0 Å². The monoisotopic (exact) mass is 270 g/mol. The summed E-state index contributed by atoms with van der Waals surface area (Å²) >= 11 is 0. The predicted octanol–water partition coefficient (Wildman–Crippen LogP) is 1.16. The molecule has 0 aliphatic carbocycles. The van der Waals surface area contributed by atoms with Crippen molar-refractivity contribution in [1.82, 2.24) is 4.90 Å². The van der Waals surface area contributed by atoms with E-state index in [0.717, 1.165) is 25.8 Å². The van der Waals surface area contributed by atoms with Crippen LogP contribution in [0, 0.1) is 11.8 Å². The van der Waals surface area contributed by atoms with Crippen molar-refractivity contribution in [3.63, 3.8) is 0 Å². The van der Waals surface area contributed by atoms with Crippen molar-refractivity contribution in [2.24, 2.45) is 17.6 Å². The number of piperidine rings is 1. The smallest absolute Gasteiger partial charge is 0.307 e. The second-order valence-corrected chi connectivity index (χ2v) is 5.55. The maximum atomic E-state index is 12.5. The van der Waals surface area contributed by atoms with Crippen LogP contribution in [0.4, 0.5) is 0 Å². The largest absolute Gasteiger partial charge is 0.469 e. The number of rotatable bonds is 5. The van der Waals surface area contributed by atoms with Gasteiger partial charge in [-0.15, -0.1) is 0 Å². The fraction of sp³-hybridized carbons (Fsp3) is 0.857. The summed E-state index contributed by atoms with van der Waals surface area (Å²) in [6.45, 7) is 5.10. The lowest BCUT2D eigenvalue weighted by Crippen LogP contribution is -2.49. The number of nitrogens with zero attached hydrogens (tertiary/aromatic N) is 1. The van der Waals surface area contributed by atoms with Gasteiger partial charge in [0.1, 0.15) is 0 Å². The van der Waals surface area contributed by atoms with Crippen LogP contribution in [0.25, 0.3) is 0 Å². The molecule has 1 heterocycles. The van der Waals surface area contributed by atoms with E-state index < -0.39 is 0 Å². The molecule has 2 N–H and O–H groups in total. The van der Waals surface area contributed by atoms with Crippen molar-refractivity contribution in [3.8, 4) is 0 Å². The summed E-state index contributed by atoms with van der Waals surface area (Å²) in [5.41, 5.74) is 5.72. The number of ether oxygens (including phenoxy) is 1. The van der Waals surface area contributed by atoms with E-state index in [1.807, 2.05) is 18.7 Å². The summed E-state index contributed by atoms with van der Waals surface area (Å²) in [4.78, 5) is 25.8. The first-order valence-electron chi connectivity index (χ1n) is 7.08. The molecule has 1 amide bonds. The van der Waals surface area contributed by atoms with Crippen LogP contribution < -0.4 is 5.73 Å². The van der Waals surface area contributed by atoms with Crippen molar-refractivity contribution in [1.29, 1.82) is 0 Å². The summed E-state index contributed by atoms with van der Waals surface area (Å²) in [7, 11) is 1.38. The maximum Gasteiger partial charge on any atom is 0.307 e. The molecular weight excluding hydrogens is 244 g/mol. The summed E-state index contributed by atoms with van der Waals surface area (Å²) in [6.07, 6.45) is 3.22. The zero-order valence-electron chi connectivity index (χ0n) is 12.2. The van der Waals surface area contributed by atoms with Gasteiger partial charge in [0.25, 0.3) is 0 Å². The third kappa shape index (κ3) is 4.20. The van der Waals surface area contributed by atoms with Crippen LogP contribution in [-0.2, 0) is 14.3 Å². The van der Waals surface area contributed by atoms with Crippen LogP contribution in [0.3, 0.4) is 0 Å². The Labute approximate surface area is 115 Å². The molecule has 1 rings (SSSR count). The highest BCUT2D eigenvalue weighted by atomic mass is 16.5. The van der Waals surface area contributed by atoms with E-state index in [9.17, 15) is 9.59 Å². The molecule has 0 aromatic heterocycles. The van der Waals surface area contributed by atoms with Crippen LogP contribution in [-0.4, -0.2) is 43.0 Å². The Kier molecular flexibility index (Phi) is 6.28. The Bertz CT molecular complexity index is 318. The Morgan fingerprint density at radius 1 is 1.37 bits per heavy atom. The number of hydrogen-bond acceptors (Lipinski definition) is 4. The number of hydrogen-bond donors (Lipinski definition) is 1. The van der Waals surface area contributed by atoms with Crippen molar-refractivity contribution in [2.45, 2.75) is 45.6 Å². The number of carbonyl (C=O) groups excluding carboxylic acids is 2. The van der Waals surface area contributed by atoms with Crippen LogP contribution >= 0.6 is 0 Å². The van der Waals surface area contributed by atoms with Gasteiger partial charge in [0, 0.05) is 19.1 Å². The first-order valence-corrected chi connectivity index (χ1v) is 7.08.